The van der Waals surface area contributed by atoms with E-state index in [-0.39, 0.29) is 17.5 Å². The summed E-state index contributed by atoms with van der Waals surface area (Å²) in [6, 6.07) is 0. The standard InChI is InChI=1S/C20H32O4/c1-12(17(21)23-19(3,4)5)13(2)18(22)24-20-9-14-6-15(10-20)8-16(7-14)11-20/h12-16H,6-11H2,1-5H3. The Bertz CT molecular complexity index is 481. The summed E-state index contributed by atoms with van der Waals surface area (Å²) in [5.41, 5.74) is -0.775. The Morgan fingerprint density at radius 3 is 1.71 bits per heavy atom. The highest BCUT2D eigenvalue weighted by Gasteiger charge is 2.53. The van der Waals surface area contributed by atoms with Gasteiger partial charge in [-0.2, -0.15) is 0 Å². The van der Waals surface area contributed by atoms with Crippen LogP contribution in [0.2, 0.25) is 0 Å². The summed E-state index contributed by atoms with van der Waals surface area (Å²) in [4.78, 5) is 24.9. The normalized spacial score (nSPS) is 37.0. The highest BCUT2D eigenvalue weighted by atomic mass is 16.6. The SMILES string of the molecule is CC(C(=O)OC(C)(C)C)C(C)C(=O)OC12CC3CC(CC(C3)C1)C2. The van der Waals surface area contributed by atoms with Crippen LogP contribution in [-0.2, 0) is 19.1 Å². The van der Waals surface area contributed by atoms with Gasteiger partial charge in [0, 0.05) is 0 Å². The van der Waals surface area contributed by atoms with Gasteiger partial charge in [0.25, 0.3) is 0 Å². The van der Waals surface area contributed by atoms with Crippen LogP contribution in [0.15, 0.2) is 0 Å². The Balaban J connectivity index is 1.61. The Hall–Kier alpha value is -1.06. The number of rotatable bonds is 4. The van der Waals surface area contributed by atoms with Gasteiger partial charge >= 0.3 is 11.9 Å². The van der Waals surface area contributed by atoms with Gasteiger partial charge in [0.2, 0.25) is 0 Å². The Morgan fingerprint density at radius 1 is 0.875 bits per heavy atom. The molecule has 4 saturated carbocycles. The van der Waals surface area contributed by atoms with E-state index >= 15 is 0 Å². The molecule has 0 saturated heterocycles. The van der Waals surface area contributed by atoms with Gasteiger partial charge in [0.05, 0.1) is 11.8 Å². The first-order valence-corrected chi connectivity index (χ1v) is 9.53. The summed E-state index contributed by atoms with van der Waals surface area (Å²) in [6.07, 6.45) is 7.04. The molecule has 0 aromatic carbocycles. The number of carbonyl (C=O) groups is 2. The van der Waals surface area contributed by atoms with Crippen LogP contribution in [0.5, 0.6) is 0 Å². The van der Waals surface area contributed by atoms with Crippen LogP contribution in [0.25, 0.3) is 0 Å². The van der Waals surface area contributed by atoms with E-state index in [0.29, 0.717) is 0 Å². The molecule has 2 atom stereocenters. The van der Waals surface area contributed by atoms with Crippen LogP contribution in [0, 0.1) is 29.6 Å². The Labute approximate surface area is 145 Å². The van der Waals surface area contributed by atoms with Crippen LogP contribution in [0.4, 0.5) is 0 Å². The molecule has 0 spiro atoms. The van der Waals surface area contributed by atoms with E-state index in [9.17, 15) is 9.59 Å². The predicted molar refractivity (Wildman–Crippen MR) is 91.2 cm³/mol. The minimum atomic E-state index is -0.533. The number of hydrogen-bond donors (Lipinski definition) is 0. The topological polar surface area (TPSA) is 52.6 Å². The molecule has 0 aromatic rings. The first-order chi connectivity index (χ1) is 11.1. The molecule has 4 bridgehead atoms. The number of hydrogen-bond acceptors (Lipinski definition) is 4. The van der Waals surface area contributed by atoms with Crippen LogP contribution in [0.1, 0.15) is 73.1 Å². The van der Waals surface area contributed by atoms with Gasteiger partial charge in [-0.1, -0.05) is 13.8 Å². The van der Waals surface area contributed by atoms with Crippen molar-refractivity contribution in [2.75, 3.05) is 0 Å². The fourth-order valence-electron chi connectivity index (χ4n) is 5.27. The zero-order chi connectivity index (χ0) is 17.7. The lowest BCUT2D eigenvalue weighted by Crippen LogP contribution is -2.53. The lowest BCUT2D eigenvalue weighted by atomic mass is 9.54. The molecule has 0 radical (unpaired) electrons. The molecule has 0 aromatic heterocycles. The van der Waals surface area contributed by atoms with Gasteiger partial charge in [-0.05, 0) is 77.0 Å². The molecule has 4 rings (SSSR count). The van der Waals surface area contributed by atoms with Crippen molar-refractivity contribution in [2.45, 2.75) is 84.3 Å². The molecule has 4 heteroatoms. The summed E-state index contributed by atoms with van der Waals surface area (Å²) in [6.45, 7) is 9.08. The van der Waals surface area contributed by atoms with Crippen molar-refractivity contribution in [1.29, 1.82) is 0 Å². The highest BCUT2D eigenvalue weighted by Crippen LogP contribution is 2.57. The lowest BCUT2D eigenvalue weighted by molar-refractivity contribution is -0.194. The molecule has 0 heterocycles. The molecule has 0 amide bonds. The summed E-state index contributed by atoms with van der Waals surface area (Å²) < 4.78 is 11.5. The predicted octanol–water partition coefficient (Wildman–Crippen LogP) is 4.11. The Kier molecular flexibility index (Phi) is 4.46. The fourth-order valence-corrected chi connectivity index (χ4v) is 5.27. The summed E-state index contributed by atoms with van der Waals surface area (Å²) in [5, 5.41) is 0. The smallest absolute Gasteiger partial charge is 0.310 e. The van der Waals surface area contributed by atoms with Gasteiger partial charge < -0.3 is 9.47 Å². The van der Waals surface area contributed by atoms with Gasteiger partial charge in [0.1, 0.15) is 11.2 Å². The first-order valence-electron chi connectivity index (χ1n) is 9.53. The quantitative estimate of drug-likeness (QED) is 0.725. The van der Waals surface area contributed by atoms with Crippen molar-refractivity contribution in [2.24, 2.45) is 29.6 Å². The summed E-state index contributed by atoms with van der Waals surface area (Å²) in [7, 11) is 0. The van der Waals surface area contributed by atoms with E-state index in [1.807, 2.05) is 20.8 Å². The Morgan fingerprint density at radius 2 is 1.29 bits per heavy atom. The molecular formula is C20H32O4. The van der Waals surface area contributed by atoms with Crippen LogP contribution in [-0.4, -0.2) is 23.1 Å². The average molecular weight is 336 g/mol. The lowest BCUT2D eigenvalue weighted by Gasteiger charge is -2.55. The molecule has 136 valence electrons. The van der Waals surface area contributed by atoms with E-state index in [4.69, 9.17) is 9.47 Å². The fraction of sp³-hybridized carbons (Fsp3) is 0.900. The second-order valence-electron chi connectivity index (χ2n) is 9.63. The average Bonchev–Trinajstić information content (AvgIpc) is 2.41. The van der Waals surface area contributed by atoms with Crippen LogP contribution >= 0.6 is 0 Å². The molecule has 24 heavy (non-hydrogen) atoms. The largest absolute Gasteiger partial charge is 0.460 e. The maximum Gasteiger partial charge on any atom is 0.310 e. The second-order valence-corrected chi connectivity index (χ2v) is 9.63. The van der Waals surface area contributed by atoms with Crippen LogP contribution < -0.4 is 0 Å². The number of esters is 2. The van der Waals surface area contributed by atoms with E-state index in [1.54, 1.807) is 13.8 Å². The summed E-state index contributed by atoms with van der Waals surface area (Å²) >= 11 is 0. The van der Waals surface area contributed by atoms with Crippen LogP contribution in [0.3, 0.4) is 0 Å². The molecule has 4 aliphatic carbocycles. The van der Waals surface area contributed by atoms with Gasteiger partial charge in [0.15, 0.2) is 0 Å². The van der Waals surface area contributed by atoms with E-state index in [1.165, 1.54) is 19.3 Å². The van der Waals surface area contributed by atoms with Gasteiger partial charge in [-0.3, -0.25) is 9.59 Å². The molecule has 4 fully saturated rings. The zero-order valence-electron chi connectivity index (χ0n) is 15.8. The molecule has 0 N–H and O–H groups in total. The minimum absolute atomic E-state index is 0.227. The third kappa shape index (κ3) is 3.62. The second kappa shape index (κ2) is 6.03. The van der Waals surface area contributed by atoms with Crippen molar-refractivity contribution in [3.63, 3.8) is 0 Å². The first kappa shape index (κ1) is 17.8. The van der Waals surface area contributed by atoms with E-state index < -0.39 is 17.4 Å². The molecule has 4 aliphatic rings. The number of ether oxygens (including phenoxy) is 2. The van der Waals surface area contributed by atoms with Crippen molar-refractivity contribution in [1.82, 2.24) is 0 Å². The minimum Gasteiger partial charge on any atom is -0.460 e. The van der Waals surface area contributed by atoms with Crippen molar-refractivity contribution in [3.8, 4) is 0 Å². The van der Waals surface area contributed by atoms with Gasteiger partial charge in [-0.25, -0.2) is 0 Å². The monoisotopic (exact) mass is 336 g/mol. The maximum atomic E-state index is 12.7. The number of carbonyl (C=O) groups excluding carboxylic acids is 2. The maximum absolute atomic E-state index is 12.7. The van der Waals surface area contributed by atoms with E-state index in [2.05, 4.69) is 0 Å². The molecular weight excluding hydrogens is 304 g/mol. The van der Waals surface area contributed by atoms with Gasteiger partial charge in [-0.15, -0.1) is 0 Å². The molecule has 4 nitrogen and oxygen atoms in total. The van der Waals surface area contributed by atoms with Crippen molar-refractivity contribution in [3.05, 3.63) is 0 Å². The van der Waals surface area contributed by atoms with E-state index in [0.717, 1.165) is 37.0 Å². The van der Waals surface area contributed by atoms with Crippen molar-refractivity contribution < 1.29 is 19.1 Å². The molecule has 2 unspecified atom stereocenters. The third-order valence-corrected chi connectivity index (χ3v) is 6.20. The van der Waals surface area contributed by atoms with Crippen molar-refractivity contribution >= 4 is 11.9 Å². The third-order valence-electron chi connectivity index (χ3n) is 6.20. The summed E-state index contributed by atoms with van der Waals surface area (Å²) in [5.74, 6) is 0.721. The molecule has 0 aliphatic heterocycles. The highest BCUT2D eigenvalue weighted by molar-refractivity contribution is 5.82. The zero-order valence-corrected chi connectivity index (χ0v) is 15.8.